The first-order valence-electron chi connectivity index (χ1n) is 9.66. The number of ether oxygens (including phenoxy) is 1. The molecular formula is C21H27N3O2S. The van der Waals surface area contributed by atoms with Gasteiger partial charge in [-0.3, -0.25) is 14.7 Å². The maximum Gasteiger partial charge on any atom is 0.270 e. The molecule has 0 aromatic carbocycles. The molecule has 2 aliphatic rings. The van der Waals surface area contributed by atoms with Crippen molar-refractivity contribution in [2.24, 2.45) is 0 Å². The third-order valence-corrected chi connectivity index (χ3v) is 7.07. The summed E-state index contributed by atoms with van der Waals surface area (Å²) in [4.78, 5) is 22.0. The van der Waals surface area contributed by atoms with Gasteiger partial charge in [-0.05, 0) is 56.9 Å². The van der Waals surface area contributed by atoms with Crippen molar-refractivity contribution >= 4 is 17.2 Å². The summed E-state index contributed by atoms with van der Waals surface area (Å²) in [5.74, 6) is -0.0797. The highest BCUT2D eigenvalue weighted by molar-refractivity contribution is 7.11. The molecule has 0 spiro atoms. The van der Waals surface area contributed by atoms with Crippen LogP contribution in [0.15, 0.2) is 36.5 Å². The first-order chi connectivity index (χ1) is 13.1. The number of rotatable bonds is 5. The van der Waals surface area contributed by atoms with Crippen molar-refractivity contribution in [3.8, 4) is 0 Å². The zero-order valence-corrected chi connectivity index (χ0v) is 16.8. The van der Waals surface area contributed by atoms with E-state index in [2.05, 4.69) is 34.3 Å². The van der Waals surface area contributed by atoms with Gasteiger partial charge in [-0.2, -0.15) is 0 Å². The quantitative estimate of drug-likeness (QED) is 0.857. The average molecular weight is 386 g/mol. The highest BCUT2D eigenvalue weighted by atomic mass is 32.1. The highest BCUT2D eigenvalue weighted by Gasteiger charge is 2.51. The Kier molecular flexibility index (Phi) is 5.30. The molecule has 1 saturated carbocycles. The lowest BCUT2D eigenvalue weighted by molar-refractivity contribution is -0.0676. The Morgan fingerprint density at radius 2 is 2.26 bits per heavy atom. The molecule has 0 unspecified atom stereocenters. The molecule has 3 atom stereocenters. The van der Waals surface area contributed by atoms with E-state index in [1.165, 1.54) is 9.75 Å². The minimum absolute atomic E-state index is 0.0709. The maximum absolute atomic E-state index is 12.5. The van der Waals surface area contributed by atoms with Crippen LogP contribution in [0, 0.1) is 6.92 Å². The van der Waals surface area contributed by atoms with Crippen LogP contribution in [0.2, 0.25) is 0 Å². The fraction of sp³-hybridized carbons (Fsp3) is 0.524. The second-order valence-electron chi connectivity index (χ2n) is 7.68. The van der Waals surface area contributed by atoms with Gasteiger partial charge in [0.05, 0.1) is 5.60 Å². The Hall–Kier alpha value is -1.76. The van der Waals surface area contributed by atoms with Crippen LogP contribution in [0.25, 0.3) is 0 Å². The van der Waals surface area contributed by atoms with Crippen LogP contribution in [0.5, 0.6) is 0 Å². The Bertz CT molecular complexity index is 794. The van der Waals surface area contributed by atoms with Gasteiger partial charge in [0.2, 0.25) is 0 Å². The van der Waals surface area contributed by atoms with Gasteiger partial charge in [-0.25, -0.2) is 0 Å². The van der Waals surface area contributed by atoms with Crippen LogP contribution in [0.1, 0.15) is 45.9 Å². The van der Waals surface area contributed by atoms with Gasteiger partial charge < -0.3 is 10.1 Å². The minimum atomic E-state index is -0.0797. The van der Waals surface area contributed by atoms with Crippen molar-refractivity contribution in [1.82, 2.24) is 15.2 Å². The number of aromatic nitrogens is 1. The van der Waals surface area contributed by atoms with Crippen molar-refractivity contribution in [3.63, 3.8) is 0 Å². The van der Waals surface area contributed by atoms with Gasteiger partial charge in [-0.15, -0.1) is 11.3 Å². The Balaban J connectivity index is 1.45. The zero-order chi connectivity index (χ0) is 18.9. The third-order valence-electron chi connectivity index (χ3n) is 6.09. The Labute approximate surface area is 164 Å². The molecule has 2 fully saturated rings. The van der Waals surface area contributed by atoms with Gasteiger partial charge in [0.25, 0.3) is 5.91 Å². The molecule has 1 amide bonds. The van der Waals surface area contributed by atoms with Crippen molar-refractivity contribution in [3.05, 3.63) is 52.0 Å². The molecule has 1 aliphatic heterocycles. The number of hydrogen-bond acceptors (Lipinski definition) is 5. The van der Waals surface area contributed by atoms with Crippen molar-refractivity contribution in [2.75, 3.05) is 13.7 Å². The summed E-state index contributed by atoms with van der Waals surface area (Å²) in [6.07, 6.45) is 5.60. The summed E-state index contributed by atoms with van der Waals surface area (Å²) in [6.45, 7) is 4.17. The first-order valence-corrected chi connectivity index (χ1v) is 10.5. The van der Waals surface area contributed by atoms with E-state index in [1.807, 2.05) is 30.6 Å². The molecule has 1 saturated heterocycles. The number of amides is 1. The summed E-state index contributed by atoms with van der Waals surface area (Å²) < 4.78 is 6.05. The lowest BCUT2D eigenvalue weighted by Crippen LogP contribution is -2.54. The second-order valence-corrected chi connectivity index (χ2v) is 9.05. The number of likely N-dealkylation sites (tertiary alicyclic amines) is 1. The van der Waals surface area contributed by atoms with Crippen LogP contribution in [-0.2, 0) is 11.3 Å². The SMILES string of the molecule is CO[C@@]12CC[C@@H](NC(=O)c3ccccn3)C[C@@H]1N(Cc1ccc(C)s1)CC2. The van der Waals surface area contributed by atoms with E-state index in [1.54, 1.807) is 12.3 Å². The lowest BCUT2D eigenvalue weighted by Gasteiger charge is -2.44. The van der Waals surface area contributed by atoms with E-state index >= 15 is 0 Å². The topological polar surface area (TPSA) is 54.5 Å². The number of methoxy groups -OCH3 is 1. The number of fused-ring (bicyclic) bond motifs is 1. The summed E-state index contributed by atoms with van der Waals surface area (Å²) in [5, 5.41) is 3.20. The Morgan fingerprint density at radius 3 is 2.96 bits per heavy atom. The molecule has 1 N–H and O–H groups in total. The summed E-state index contributed by atoms with van der Waals surface area (Å²) in [6, 6.07) is 10.4. The molecule has 144 valence electrons. The van der Waals surface area contributed by atoms with E-state index in [0.717, 1.165) is 38.8 Å². The van der Waals surface area contributed by atoms with E-state index in [0.29, 0.717) is 11.7 Å². The van der Waals surface area contributed by atoms with Gasteiger partial charge in [-0.1, -0.05) is 6.07 Å². The van der Waals surface area contributed by atoms with E-state index < -0.39 is 0 Å². The molecule has 2 aromatic rings. The monoisotopic (exact) mass is 385 g/mol. The third kappa shape index (κ3) is 3.79. The molecule has 1 aliphatic carbocycles. The van der Waals surface area contributed by atoms with Crippen LogP contribution in [0.3, 0.4) is 0 Å². The normalized spacial score (nSPS) is 28.1. The number of carbonyl (C=O) groups is 1. The van der Waals surface area contributed by atoms with E-state index in [4.69, 9.17) is 4.74 Å². The summed E-state index contributed by atoms with van der Waals surface area (Å²) in [5.41, 5.74) is 0.414. The second kappa shape index (κ2) is 7.70. The smallest absolute Gasteiger partial charge is 0.270 e. The molecular weight excluding hydrogens is 358 g/mol. The van der Waals surface area contributed by atoms with E-state index in [-0.39, 0.29) is 17.6 Å². The molecule has 5 nitrogen and oxygen atoms in total. The molecule has 27 heavy (non-hydrogen) atoms. The van der Waals surface area contributed by atoms with E-state index in [9.17, 15) is 4.79 Å². The van der Waals surface area contributed by atoms with Crippen LogP contribution in [-0.4, -0.2) is 47.1 Å². The number of aryl methyl sites for hydroxylation is 1. The number of pyridine rings is 1. The van der Waals surface area contributed by atoms with Gasteiger partial charge >= 0.3 is 0 Å². The largest absolute Gasteiger partial charge is 0.377 e. The van der Waals surface area contributed by atoms with Gasteiger partial charge in [0.15, 0.2) is 0 Å². The first kappa shape index (κ1) is 18.6. The lowest BCUT2D eigenvalue weighted by atomic mass is 9.78. The predicted octanol–water partition coefficient (Wildman–Crippen LogP) is 3.39. The molecule has 0 radical (unpaired) electrons. The van der Waals surface area contributed by atoms with Gasteiger partial charge in [0, 0.05) is 48.2 Å². The molecule has 6 heteroatoms. The molecule has 3 heterocycles. The van der Waals surface area contributed by atoms with Crippen molar-refractivity contribution < 1.29 is 9.53 Å². The fourth-order valence-electron chi connectivity index (χ4n) is 4.64. The van der Waals surface area contributed by atoms with Crippen molar-refractivity contribution in [2.45, 2.75) is 56.8 Å². The number of nitrogens with one attached hydrogen (secondary N) is 1. The predicted molar refractivity (Wildman–Crippen MR) is 107 cm³/mol. The standard InChI is InChI=1S/C21H27N3O2S/c1-15-6-7-17(27-15)14-24-12-10-21(26-2)9-8-16(13-19(21)24)23-20(25)18-5-3-4-11-22-18/h3-7,11,16,19H,8-10,12-14H2,1-2H3,(H,23,25)/t16-,19+,21-/m1/s1. The minimum Gasteiger partial charge on any atom is -0.377 e. The van der Waals surface area contributed by atoms with Crippen molar-refractivity contribution in [1.29, 1.82) is 0 Å². The zero-order valence-electron chi connectivity index (χ0n) is 16.0. The number of hydrogen-bond donors (Lipinski definition) is 1. The van der Waals surface area contributed by atoms with Crippen LogP contribution >= 0.6 is 11.3 Å². The van der Waals surface area contributed by atoms with Gasteiger partial charge in [0.1, 0.15) is 5.69 Å². The highest BCUT2D eigenvalue weighted by Crippen LogP contribution is 2.43. The summed E-state index contributed by atoms with van der Waals surface area (Å²) in [7, 11) is 1.85. The molecule has 2 aromatic heterocycles. The van der Waals surface area contributed by atoms with Crippen LogP contribution in [0.4, 0.5) is 0 Å². The summed E-state index contributed by atoms with van der Waals surface area (Å²) >= 11 is 1.87. The average Bonchev–Trinajstić information content (AvgIpc) is 3.27. The van der Waals surface area contributed by atoms with Crippen LogP contribution < -0.4 is 5.32 Å². The number of thiophene rings is 1. The Morgan fingerprint density at radius 1 is 1.37 bits per heavy atom. The number of carbonyl (C=O) groups excluding carboxylic acids is 1. The molecule has 0 bridgehead atoms. The number of nitrogens with zero attached hydrogens (tertiary/aromatic N) is 2. The maximum atomic E-state index is 12.5. The molecule has 4 rings (SSSR count). The fourth-order valence-corrected chi connectivity index (χ4v) is 5.55.